The van der Waals surface area contributed by atoms with Crippen molar-refractivity contribution < 1.29 is 18.9 Å². The maximum Gasteiger partial charge on any atom is 0.170 e. The quantitative estimate of drug-likeness (QED) is 0.227. The number of ether oxygens (including phenoxy) is 4. The van der Waals surface area contributed by atoms with Crippen LogP contribution in [0.25, 0.3) is 32.3 Å². The van der Waals surface area contributed by atoms with Gasteiger partial charge in [-0.1, -0.05) is 48.5 Å². The number of fused-ring (bicyclic) bond motifs is 6. The Morgan fingerprint density at radius 1 is 0.361 bits per heavy atom. The molecule has 6 rings (SSSR count). The van der Waals surface area contributed by atoms with Crippen LogP contribution in [0.5, 0.6) is 34.5 Å². The molecular formula is C32H24O4. The molecular weight excluding hydrogens is 448 g/mol. The molecule has 0 amide bonds. The number of hydrogen-bond donors (Lipinski definition) is 0. The average Bonchev–Trinajstić information content (AvgIpc) is 2.94. The third-order valence-electron chi connectivity index (χ3n) is 6.35. The Kier molecular flexibility index (Phi) is 5.55. The van der Waals surface area contributed by atoms with Gasteiger partial charge >= 0.3 is 0 Å². The van der Waals surface area contributed by atoms with E-state index in [1.807, 2.05) is 72.8 Å². The Bertz CT molecular complexity index is 1570. The Hall–Kier alpha value is -4.70. The van der Waals surface area contributed by atoms with E-state index in [2.05, 4.69) is 36.4 Å². The van der Waals surface area contributed by atoms with Crippen molar-refractivity contribution >= 4 is 32.3 Å². The van der Waals surface area contributed by atoms with Crippen LogP contribution in [0.4, 0.5) is 0 Å². The molecule has 6 aromatic rings. The number of hydrogen-bond acceptors (Lipinski definition) is 4. The second-order valence-corrected chi connectivity index (χ2v) is 8.50. The average molecular weight is 473 g/mol. The normalized spacial score (nSPS) is 11.1. The van der Waals surface area contributed by atoms with Gasteiger partial charge in [-0.05, 0) is 93.0 Å². The molecule has 36 heavy (non-hydrogen) atoms. The topological polar surface area (TPSA) is 36.9 Å². The molecule has 6 aromatic carbocycles. The van der Waals surface area contributed by atoms with E-state index in [0.717, 1.165) is 55.3 Å². The van der Waals surface area contributed by atoms with Crippen molar-refractivity contribution in [3.63, 3.8) is 0 Å². The first-order valence-electron chi connectivity index (χ1n) is 11.7. The summed E-state index contributed by atoms with van der Waals surface area (Å²) in [5, 5.41) is 6.48. The lowest BCUT2D eigenvalue weighted by Crippen LogP contribution is -1.93. The SMILES string of the molecule is COc1ccc2c(c1)c1cc(OC)ccc1c1cc(Oc3ccccc3)c(Oc3ccccc3)cc21. The van der Waals surface area contributed by atoms with Gasteiger partial charge in [0.05, 0.1) is 14.2 Å². The summed E-state index contributed by atoms with van der Waals surface area (Å²) in [6.07, 6.45) is 0. The largest absolute Gasteiger partial charge is 0.497 e. The minimum absolute atomic E-state index is 0.641. The van der Waals surface area contributed by atoms with E-state index in [1.54, 1.807) is 14.2 Å². The van der Waals surface area contributed by atoms with E-state index >= 15 is 0 Å². The van der Waals surface area contributed by atoms with Gasteiger partial charge in [-0.15, -0.1) is 0 Å². The smallest absolute Gasteiger partial charge is 0.170 e. The zero-order valence-corrected chi connectivity index (χ0v) is 20.0. The van der Waals surface area contributed by atoms with Gasteiger partial charge in [-0.3, -0.25) is 0 Å². The van der Waals surface area contributed by atoms with Gasteiger partial charge in [0.2, 0.25) is 0 Å². The van der Waals surface area contributed by atoms with Crippen molar-refractivity contribution in [1.29, 1.82) is 0 Å². The van der Waals surface area contributed by atoms with Crippen LogP contribution in [0, 0.1) is 0 Å². The number of para-hydroxylation sites is 2. The Morgan fingerprint density at radius 2 is 0.750 bits per heavy atom. The highest BCUT2D eigenvalue weighted by molar-refractivity contribution is 6.26. The van der Waals surface area contributed by atoms with E-state index in [1.165, 1.54) is 0 Å². The predicted octanol–water partition coefficient (Wildman–Crippen LogP) is 8.75. The summed E-state index contributed by atoms with van der Waals surface area (Å²) in [6, 6.07) is 35.9. The van der Waals surface area contributed by atoms with Crippen molar-refractivity contribution in [2.24, 2.45) is 0 Å². The van der Waals surface area contributed by atoms with Gasteiger partial charge in [0.15, 0.2) is 11.5 Å². The molecule has 0 aromatic heterocycles. The summed E-state index contributed by atoms with van der Waals surface area (Å²) in [4.78, 5) is 0. The van der Waals surface area contributed by atoms with Crippen molar-refractivity contribution in [3.05, 3.63) is 109 Å². The van der Waals surface area contributed by atoms with Crippen molar-refractivity contribution in [1.82, 2.24) is 0 Å². The standard InChI is InChI=1S/C32H24O4/c1-33-23-13-15-25-27(17-23)28-18-24(34-2)14-16-26(28)30-20-32(36-22-11-7-4-8-12-22)31(19-29(25)30)35-21-9-5-3-6-10-21/h3-20H,1-2H3. The highest BCUT2D eigenvalue weighted by Gasteiger charge is 2.16. The van der Waals surface area contributed by atoms with Crippen LogP contribution in [-0.4, -0.2) is 14.2 Å². The maximum absolute atomic E-state index is 6.36. The predicted molar refractivity (Wildman–Crippen MR) is 145 cm³/mol. The zero-order chi connectivity index (χ0) is 24.5. The zero-order valence-electron chi connectivity index (χ0n) is 20.0. The highest BCUT2D eigenvalue weighted by Crippen LogP contribution is 2.44. The first kappa shape index (κ1) is 21.8. The lowest BCUT2D eigenvalue weighted by molar-refractivity contribution is 0.415. The second-order valence-electron chi connectivity index (χ2n) is 8.50. The molecule has 0 spiro atoms. The summed E-state index contributed by atoms with van der Waals surface area (Å²) in [7, 11) is 3.37. The summed E-state index contributed by atoms with van der Waals surface area (Å²) < 4.78 is 23.8. The molecule has 176 valence electrons. The number of benzene rings is 6. The molecule has 0 aliphatic rings. The Labute approximate surface area is 209 Å². The molecule has 0 unspecified atom stereocenters. The molecule has 0 heterocycles. The third kappa shape index (κ3) is 3.93. The maximum atomic E-state index is 6.36. The van der Waals surface area contributed by atoms with Crippen LogP contribution in [-0.2, 0) is 0 Å². The Balaban J connectivity index is 1.67. The lowest BCUT2D eigenvalue weighted by Gasteiger charge is -2.17. The number of methoxy groups -OCH3 is 2. The van der Waals surface area contributed by atoms with Gasteiger partial charge < -0.3 is 18.9 Å². The minimum atomic E-state index is 0.641. The van der Waals surface area contributed by atoms with Gasteiger partial charge in [0, 0.05) is 0 Å². The lowest BCUT2D eigenvalue weighted by atomic mass is 9.93. The van der Waals surface area contributed by atoms with Crippen LogP contribution in [0.1, 0.15) is 0 Å². The third-order valence-corrected chi connectivity index (χ3v) is 6.35. The van der Waals surface area contributed by atoms with Crippen molar-refractivity contribution in [2.45, 2.75) is 0 Å². The van der Waals surface area contributed by atoms with E-state index in [9.17, 15) is 0 Å². The molecule has 0 aliphatic heterocycles. The fourth-order valence-electron chi connectivity index (χ4n) is 4.61. The molecule has 0 saturated carbocycles. The molecule has 0 aliphatic carbocycles. The fourth-order valence-corrected chi connectivity index (χ4v) is 4.61. The van der Waals surface area contributed by atoms with Crippen molar-refractivity contribution in [3.8, 4) is 34.5 Å². The molecule has 0 fully saturated rings. The van der Waals surface area contributed by atoms with Gasteiger partial charge in [-0.2, -0.15) is 0 Å². The van der Waals surface area contributed by atoms with Crippen LogP contribution in [0.15, 0.2) is 109 Å². The van der Waals surface area contributed by atoms with E-state index < -0.39 is 0 Å². The van der Waals surface area contributed by atoms with Crippen LogP contribution in [0.2, 0.25) is 0 Å². The van der Waals surface area contributed by atoms with E-state index in [4.69, 9.17) is 18.9 Å². The number of rotatable bonds is 6. The molecule has 0 radical (unpaired) electrons. The van der Waals surface area contributed by atoms with Gasteiger partial charge in [-0.25, -0.2) is 0 Å². The van der Waals surface area contributed by atoms with Crippen molar-refractivity contribution in [2.75, 3.05) is 14.2 Å². The molecule has 4 nitrogen and oxygen atoms in total. The van der Waals surface area contributed by atoms with Gasteiger partial charge in [0.1, 0.15) is 23.0 Å². The molecule has 0 bridgehead atoms. The molecule has 4 heteroatoms. The highest BCUT2D eigenvalue weighted by atomic mass is 16.5. The second kappa shape index (κ2) is 9.16. The molecule has 0 N–H and O–H groups in total. The van der Waals surface area contributed by atoms with E-state index in [-0.39, 0.29) is 0 Å². The monoisotopic (exact) mass is 472 g/mol. The molecule has 0 saturated heterocycles. The first-order valence-corrected chi connectivity index (χ1v) is 11.7. The minimum Gasteiger partial charge on any atom is -0.497 e. The fraction of sp³-hybridized carbons (Fsp3) is 0.0625. The van der Waals surface area contributed by atoms with E-state index in [0.29, 0.717) is 11.5 Å². The summed E-state index contributed by atoms with van der Waals surface area (Å²) in [6.45, 7) is 0. The van der Waals surface area contributed by atoms with Crippen LogP contribution >= 0.6 is 0 Å². The van der Waals surface area contributed by atoms with Crippen LogP contribution in [0.3, 0.4) is 0 Å². The van der Waals surface area contributed by atoms with Crippen LogP contribution < -0.4 is 18.9 Å². The first-order chi connectivity index (χ1) is 17.7. The Morgan fingerprint density at radius 3 is 1.14 bits per heavy atom. The molecule has 0 atom stereocenters. The van der Waals surface area contributed by atoms with Gasteiger partial charge in [0.25, 0.3) is 0 Å². The summed E-state index contributed by atoms with van der Waals surface area (Å²) in [5.41, 5.74) is 0. The summed E-state index contributed by atoms with van der Waals surface area (Å²) >= 11 is 0. The summed E-state index contributed by atoms with van der Waals surface area (Å²) in [5.74, 6) is 4.37.